The molecule has 10 aliphatic rings. The molecule has 13 nitrogen and oxygen atoms in total. The number of Topliss-reactive ketones (excluding diaryl/α,β-unsaturated/α-hetero) is 1. The maximum absolute atomic E-state index is 12.9. The van der Waals surface area contributed by atoms with E-state index in [0.29, 0.717) is 56.8 Å². The summed E-state index contributed by atoms with van der Waals surface area (Å²) in [5.74, 6) is 4.89. The van der Waals surface area contributed by atoms with Gasteiger partial charge in [0.15, 0.2) is 0 Å². The maximum Gasteiger partial charge on any atom is 2.00 e. The summed E-state index contributed by atoms with van der Waals surface area (Å²) < 4.78 is 6.88. The van der Waals surface area contributed by atoms with Crippen LogP contribution in [0.15, 0.2) is 67.7 Å². The van der Waals surface area contributed by atoms with Crippen LogP contribution in [0.25, 0.3) is 11.4 Å². The molecule has 0 unspecified atom stereocenters. The number of H-pyrrole nitrogens is 4. The second-order valence-electron chi connectivity index (χ2n) is 37.9. The second kappa shape index (κ2) is 69.9. The molecule has 0 bridgehead atoms. The van der Waals surface area contributed by atoms with Gasteiger partial charge in [0.25, 0.3) is 22.2 Å². The van der Waals surface area contributed by atoms with Crippen LogP contribution < -0.4 is 22.2 Å². The molecule has 125 heavy (non-hydrogen) atoms. The van der Waals surface area contributed by atoms with Crippen molar-refractivity contribution in [3.05, 3.63) is 196 Å². The molecular formula is C105H176Cl3Fe4N8O5-. The topological polar surface area (TPSA) is 168 Å². The fraction of sp³-hybridized carbons (Fsp3) is 0.695. The van der Waals surface area contributed by atoms with Crippen molar-refractivity contribution >= 4 is 40.6 Å². The molecule has 0 spiro atoms. The zero-order valence-electron chi connectivity index (χ0n) is 80.8. The third-order valence-electron chi connectivity index (χ3n) is 26.7. The van der Waals surface area contributed by atoms with Gasteiger partial charge in [0, 0.05) is 88.0 Å². The number of halogens is 3. The monoisotopic (exact) mass is 1960 g/mol. The van der Waals surface area contributed by atoms with Gasteiger partial charge in [0.05, 0.1) is 21.8 Å². The van der Waals surface area contributed by atoms with E-state index in [1.807, 2.05) is 19.9 Å². The van der Waals surface area contributed by atoms with Gasteiger partial charge < -0.3 is 52.0 Å². The number of ketones is 1. The first-order valence-corrected chi connectivity index (χ1v) is 48.4. The minimum Gasteiger partial charge on any atom is -0.358 e. The molecule has 0 saturated heterocycles. The number of nitrogens with zero attached hydrogens (tertiary/aromatic N) is 4. The van der Waals surface area contributed by atoms with E-state index >= 15 is 0 Å². The number of aromatic amines is 4. The summed E-state index contributed by atoms with van der Waals surface area (Å²) >= 11 is 18.3. The molecule has 20 heteroatoms. The van der Waals surface area contributed by atoms with Crippen molar-refractivity contribution in [3.8, 4) is 11.4 Å². The maximum atomic E-state index is 12.9. The van der Waals surface area contributed by atoms with Gasteiger partial charge in [0.2, 0.25) is 0 Å². The summed E-state index contributed by atoms with van der Waals surface area (Å²) in [5.41, 5.74) is 9.17. The standard InChI is InChI=1S/C23H38N2O.C21H28N2O2.C18H21Cl3N2O.C16H28N2O.4C5H10.7CH3.4Fe/c26-22-17-21(16-15-18-9-7-8-10-18)24-25(22)23(19-11-3-1-4-12-19)20-13-5-2-6-14-20;1-14-11-15(2)21(16(3)12-14)23-20(25)13-18(22-23)9-6-10-19(24)17-7-4-5-8-17;19-13-9-15(20)18(16(21)10-13)23-17(24)11-14(22-23)8-4-3-7-12-5-1-2-6-12;1-16(2,3)12-18-15(19)11-14(17-18)10-6-9-13-7-4-5-8-13;4*1-2-4-5-3-1;;;;;;;;;;;/h17-20,23-24H,1-16H2;11-13,17,22H,4-10H2,1-3H3;9-12,22H,1-8H2;11,13,17H,4-10,12H2,1-3H3;4*1-5H2;7*1H3;;;;/q;;;;;;;;7*-1;;3*+2. The van der Waals surface area contributed by atoms with Gasteiger partial charge in [0.1, 0.15) is 11.5 Å². The van der Waals surface area contributed by atoms with Gasteiger partial charge in [-0.2, -0.15) is 0 Å². The Kier molecular flexibility index (Phi) is 70.6. The Morgan fingerprint density at radius 1 is 0.368 bits per heavy atom. The zero-order chi connectivity index (χ0) is 80.9. The predicted molar refractivity (Wildman–Crippen MR) is 526 cm³/mol. The Bertz CT molecular complexity index is 3800. The molecule has 0 aliphatic heterocycles. The number of carbonyl (C=O) groups is 1. The van der Waals surface area contributed by atoms with Gasteiger partial charge in [-0.3, -0.25) is 49.0 Å². The Labute approximate surface area is 821 Å². The smallest absolute Gasteiger partial charge is 0.358 e. The van der Waals surface area contributed by atoms with Crippen LogP contribution in [0, 0.1) is 114 Å². The summed E-state index contributed by atoms with van der Waals surface area (Å²) in [5, 5.41) is 14.4. The molecule has 0 radical (unpaired) electrons. The normalized spacial score (nSPS) is 17.4. The molecule has 4 aromatic heterocycles. The van der Waals surface area contributed by atoms with Crippen molar-refractivity contribution in [2.24, 2.45) is 40.9 Å². The van der Waals surface area contributed by atoms with Crippen LogP contribution in [0.2, 0.25) is 15.1 Å². The van der Waals surface area contributed by atoms with Crippen LogP contribution >= 0.6 is 34.8 Å². The first-order chi connectivity index (χ1) is 55.2. The number of rotatable bonds is 23. The number of aromatic nitrogens is 8. The minimum absolute atomic E-state index is 0. The largest absolute Gasteiger partial charge is 2.00 e. The molecule has 10 saturated carbocycles. The Morgan fingerprint density at radius 3 is 1.10 bits per heavy atom. The van der Waals surface area contributed by atoms with Crippen LogP contribution in [0.4, 0.5) is 0 Å². The van der Waals surface area contributed by atoms with Crippen molar-refractivity contribution in [2.45, 2.75) is 427 Å². The third kappa shape index (κ3) is 45.6. The number of aryl methyl sites for hydroxylation is 7. The Balaban J connectivity index is -0.00000143. The van der Waals surface area contributed by atoms with Gasteiger partial charge in [-0.05, 0) is 169 Å². The Morgan fingerprint density at radius 2 is 0.688 bits per heavy atom. The molecule has 10 aliphatic carbocycles. The molecule has 6 aromatic rings. The van der Waals surface area contributed by atoms with Gasteiger partial charge in [-0.1, -0.05) is 349 Å². The van der Waals surface area contributed by atoms with Crippen LogP contribution in [0.3, 0.4) is 0 Å². The molecular weight excluding hydrogens is 1780 g/mol. The second-order valence-corrected chi connectivity index (χ2v) is 39.2. The molecule has 2 aromatic carbocycles. The van der Waals surface area contributed by atoms with E-state index < -0.39 is 0 Å². The van der Waals surface area contributed by atoms with Crippen molar-refractivity contribution in [3.63, 3.8) is 0 Å². The summed E-state index contributed by atoms with van der Waals surface area (Å²) in [4.78, 5) is 61.6. The van der Waals surface area contributed by atoms with E-state index in [1.165, 1.54) is 331 Å². The van der Waals surface area contributed by atoms with Gasteiger partial charge >= 0.3 is 51.2 Å². The fourth-order valence-corrected chi connectivity index (χ4v) is 21.5. The van der Waals surface area contributed by atoms with Crippen LogP contribution in [-0.4, -0.2) is 44.9 Å². The summed E-state index contributed by atoms with van der Waals surface area (Å²) in [6.45, 7) is 13.3. The molecule has 720 valence electrons. The number of unbranched alkanes of at least 4 members (excludes halogenated alkanes) is 1. The number of nitrogens with one attached hydrogen (secondary N) is 4. The van der Waals surface area contributed by atoms with Crippen LogP contribution in [-0.2, 0) is 105 Å². The molecule has 16 rings (SSSR count). The van der Waals surface area contributed by atoms with E-state index in [4.69, 9.17) is 34.8 Å². The number of benzene rings is 2. The predicted octanol–water partition coefficient (Wildman–Crippen LogP) is 30.9. The number of hydrogen-bond donors (Lipinski definition) is 4. The minimum atomic E-state index is -0.160. The third-order valence-corrected chi connectivity index (χ3v) is 27.5. The SMILES string of the molecule is C1CCCC1.C1CCCC1.C1CCCC1.C1CCCC1.CC(C)(C)Cn1[nH]c(CCCC2CCCC2)cc1=O.Cc1cc(C)c(-n2[nH]c(CCCC(=O)C3CCCC3)cc2=O)c(C)c1.O=c1cc(CCC2CCCC2)[nH]n1C(C1CCCCC1)C1CCCCC1.O=c1cc(CCCCC2CCCC2)[nH]n1-c1c(Cl)cc(Cl)cc1Cl.[CH3-].[CH3-].[CH3-].[CH3-].[CH3-].[CH3-].[CH3-].[Fe+2].[Fe+2].[Fe+2].[Fe]. The van der Waals surface area contributed by atoms with Gasteiger partial charge in [-0.15, -0.1) is 0 Å². The van der Waals surface area contributed by atoms with Crippen molar-refractivity contribution in [1.82, 2.24) is 39.1 Å². The van der Waals surface area contributed by atoms with E-state index in [2.05, 4.69) is 64.9 Å². The molecule has 0 amide bonds. The van der Waals surface area contributed by atoms with Crippen molar-refractivity contribution in [1.29, 1.82) is 0 Å². The fourth-order valence-electron chi connectivity index (χ4n) is 20.6. The molecule has 0 atom stereocenters. The Hall–Kier alpha value is -2.90. The van der Waals surface area contributed by atoms with Crippen LogP contribution in [0.5, 0.6) is 0 Å². The van der Waals surface area contributed by atoms with Crippen LogP contribution in [0.1, 0.15) is 413 Å². The average molecular weight is 1960 g/mol. The van der Waals surface area contributed by atoms with Gasteiger partial charge in [-0.25, -0.2) is 14.0 Å². The zero-order valence-corrected chi connectivity index (χ0v) is 87.4. The first kappa shape index (κ1) is 126. The summed E-state index contributed by atoms with van der Waals surface area (Å²) in [6, 6.07) is 14.8. The first-order valence-electron chi connectivity index (χ1n) is 47.2. The average Bonchev–Trinajstić information content (AvgIpc) is 1.66. The summed E-state index contributed by atoms with van der Waals surface area (Å²) in [6.07, 6.45) is 77.4. The molecule has 10 fully saturated rings. The van der Waals surface area contributed by atoms with E-state index in [-0.39, 0.29) is 148 Å². The van der Waals surface area contributed by atoms with E-state index in [1.54, 1.807) is 39.7 Å². The van der Waals surface area contributed by atoms with Crippen molar-refractivity contribution in [2.75, 3.05) is 0 Å². The van der Waals surface area contributed by atoms with E-state index in [0.717, 1.165) is 110 Å². The molecule has 4 heterocycles. The number of hydrogen-bond acceptors (Lipinski definition) is 5. The molecule has 4 N–H and O–H groups in total. The quantitative estimate of drug-likeness (QED) is 0.0284. The summed E-state index contributed by atoms with van der Waals surface area (Å²) in [7, 11) is 0. The van der Waals surface area contributed by atoms with Crippen molar-refractivity contribution < 1.29 is 73.1 Å². The number of carbonyl (C=O) groups excluding carboxylic acids is 1. The van der Waals surface area contributed by atoms with E-state index in [9.17, 15) is 24.0 Å².